The largest absolute Gasteiger partial charge is 0.295 e. The molecule has 0 saturated heterocycles. The molecule has 0 spiro atoms. The summed E-state index contributed by atoms with van der Waals surface area (Å²) >= 11 is 0. The van der Waals surface area contributed by atoms with Crippen molar-refractivity contribution in [3.8, 4) is 0 Å². The molecule has 76 valence electrons. The maximum atomic E-state index is 10.8. The van der Waals surface area contributed by atoms with Gasteiger partial charge in [-0.2, -0.15) is 0 Å². The molecule has 0 fully saturated rings. The summed E-state index contributed by atoms with van der Waals surface area (Å²) in [7, 11) is 0. The lowest BCUT2D eigenvalue weighted by atomic mass is 10.3. The number of ketones is 1. The molecule has 0 N–H and O–H groups in total. The highest BCUT2D eigenvalue weighted by molar-refractivity contribution is 5.89. The Morgan fingerprint density at radius 2 is 1.79 bits per heavy atom. The molecular formula is C13H18O. The molecule has 0 amide bonds. The first-order valence-electron chi connectivity index (χ1n) is 4.95. The monoisotopic (exact) mass is 190 g/mol. The highest BCUT2D eigenvalue weighted by atomic mass is 16.1. The van der Waals surface area contributed by atoms with E-state index in [-0.39, 0.29) is 5.78 Å². The second kappa shape index (κ2) is 9.72. The van der Waals surface area contributed by atoms with Crippen LogP contribution >= 0.6 is 0 Å². The third kappa shape index (κ3) is 8.72. The van der Waals surface area contributed by atoms with E-state index in [1.807, 2.05) is 38.2 Å². The minimum atomic E-state index is 0.160. The van der Waals surface area contributed by atoms with Crippen molar-refractivity contribution in [2.75, 3.05) is 0 Å². The summed E-state index contributed by atoms with van der Waals surface area (Å²) in [5.74, 6) is 0.160. The van der Waals surface area contributed by atoms with Gasteiger partial charge in [-0.1, -0.05) is 49.5 Å². The fourth-order valence-electron chi connectivity index (χ4n) is 0.781. The molecule has 0 aliphatic carbocycles. The first-order valence-corrected chi connectivity index (χ1v) is 4.95. The van der Waals surface area contributed by atoms with Crippen LogP contribution in [-0.2, 0) is 4.79 Å². The van der Waals surface area contributed by atoms with Crippen LogP contribution in [0.3, 0.4) is 0 Å². The molecule has 0 unspecified atom stereocenters. The summed E-state index contributed by atoms with van der Waals surface area (Å²) in [6, 6.07) is 0. The van der Waals surface area contributed by atoms with Crippen molar-refractivity contribution in [1.29, 1.82) is 0 Å². The third-order valence-electron chi connectivity index (χ3n) is 1.61. The number of hydrogen-bond acceptors (Lipinski definition) is 1. The maximum absolute atomic E-state index is 10.8. The van der Waals surface area contributed by atoms with E-state index >= 15 is 0 Å². The lowest BCUT2D eigenvalue weighted by molar-refractivity contribution is -0.114. The Morgan fingerprint density at radius 3 is 2.43 bits per heavy atom. The van der Waals surface area contributed by atoms with Crippen molar-refractivity contribution in [2.45, 2.75) is 26.7 Å². The smallest absolute Gasteiger partial charge is 0.155 e. The summed E-state index contributed by atoms with van der Waals surface area (Å²) in [4.78, 5) is 10.8. The minimum absolute atomic E-state index is 0.160. The van der Waals surface area contributed by atoms with E-state index in [4.69, 9.17) is 0 Å². The summed E-state index contributed by atoms with van der Waals surface area (Å²) in [5, 5.41) is 0. The SMILES string of the molecule is C/C=C/C/C=C/C=C/C=C/C(=O)CC. The van der Waals surface area contributed by atoms with Gasteiger partial charge in [-0.25, -0.2) is 0 Å². The number of allylic oxidation sites excluding steroid dienone is 8. The highest BCUT2D eigenvalue weighted by Gasteiger charge is 1.85. The standard InChI is InChI=1S/C13H18O/c1-3-5-6-7-8-9-10-11-12-13(14)4-2/h3,5,7-12H,4,6H2,1-2H3/b5-3+,8-7+,10-9+,12-11+. The molecule has 1 nitrogen and oxygen atoms in total. The molecule has 0 radical (unpaired) electrons. The number of carbonyl (C=O) groups excluding carboxylic acids is 1. The zero-order chi connectivity index (χ0) is 10.6. The lowest BCUT2D eigenvalue weighted by Gasteiger charge is -1.81. The Balaban J connectivity index is 3.68. The predicted octanol–water partition coefficient (Wildman–Crippen LogP) is 3.60. The van der Waals surface area contributed by atoms with E-state index in [1.165, 1.54) is 0 Å². The second-order valence-corrected chi connectivity index (χ2v) is 2.80. The molecule has 14 heavy (non-hydrogen) atoms. The molecule has 0 rings (SSSR count). The predicted molar refractivity (Wildman–Crippen MR) is 62.1 cm³/mol. The Hall–Kier alpha value is -1.37. The molecule has 0 saturated carbocycles. The van der Waals surface area contributed by atoms with Crippen molar-refractivity contribution in [1.82, 2.24) is 0 Å². The van der Waals surface area contributed by atoms with Crippen molar-refractivity contribution in [3.05, 3.63) is 48.6 Å². The van der Waals surface area contributed by atoms with Crippen LogP contribution in [0.4, 0.5) is 0 Å². The van der Waals surface area contributed by atoms with Crippen molar-refractivity contribution in [2.24, 2.45) is 0 Å². The Bertz CT molecular complexity index is 254. The first kappa shape index (κ1) is 12.6. The van der Waals surface area contributed by atoms with Crippen LogP contribution in [0.2, 0.25) is 0 Å². The molecule has 0 aromatic carbocycles. The Kier molecular flexibility index (Phi) is 8.77. The van der Waals surface area contributed by atoms with Gasteiger partial charge in [-0.15, -0.1) is 0 Å². The summed E-state index contributed by atoms with van der Waals surface area (Å²) in [6.07, 6.45) is 16.8. The maximum Gasteiger partial charge on any atom is 0.155 e. The molecule has 0 aromatic rings. The van der Waals surface area contributed by atoms with Crippen molar-refractivity contribution in [3.63, 3.8) is 0 Å². The van der Waals surface area contributed by atoms with Gasteiger partial charge in [0.1, 0.15) is 0 Å². The Labute approximate surface area is 86.5 Å². The van der Waals surface area contributed by atoms with E-state index in [2.05, 4.69) is 12.2 Å². The van der Waals surface area contributed by atoms with E-state index in [9.17, 15) is 4.79 Å². The molecule has 1 heteroatoms. The van der Waals surface area contributed by atoms with Crippen LogP contribution in [0.25, 0.3) is 0 Å². The van der Waals surface area contributed by atoms with Gasteiger partial charge in [0.2, 0.25) is 0 Å². The average molecular weight is 190 g/mol. The molecule has 0 bridgehead atoms. The van der Waals surface area contributed by atoms with Crippen LogP contribution in [0.15, 0.2) is 48.6 Å². The van der Waals surface area contributed by atoms with Crippen molar-refractivity contribution < 1.29 is 4.79 Å². The van der Waals surface area contributed by atoms with Crippen molar-refractivity contribution >= 4 is 5.78 Å². The van der Waals surface area contributed by atoms with E-state index in [0.717, 1.165) is 6.42 Å². The topological polar surface area (TPSA) is 17.1 Å². The fourth-order valence-corrected chi connectivity index (χ4v) is 0.781. The third-order valence-corrected chi connectivity index (χ3v) is 1.61. The molecule has 0 aliphatic heterocycles. The normalized spacial score (nSPS) is 12.7. The molecular weight excluding hydrogens is 172 g/mol. The van der Waals surface area contributed by atoms with Gasteiger partial charge in [-0.3, -0.25) is 4.79 Å². The fraction of sp³-hybridized carbons (Fsp3) is 0.308. The number of hydrogen-bond donors (Lipinski definition) is 0. The van der Waals surface area contributed by atoms with Gasteiger partial charge >= 0.3 is 0 Å². The lowest BCUT2D eigenvalue weighted by Crippen LogP contribution is -1.85. The van der Waals surface area contributed by atoms with Gasteiger partial charge in [0.25, 0.3) is 0 Å². The number of rotatable bonds is 6. The van der Waals surface area contributed by atoms with Crippen LogP contribution in [0.5, 0.6) is 0 Å². The molecule has 0 aromatic heterocycles. The van der Waals surface area contributed by atoms with Crippen LogP contribution in [-0.4, -0.2) is 5.78 Å². The van der Waals surface area contributed by atoms with Crippen LogP contribution < -0.4 is 0 Å². The average Bonchev–Trinajstić information content (AvgIpc) is 2.21. The van der Waals surface area contributed by atoms with E-state index in [0.29, 0.717) is 6.42 Å². The van der Waals surface area contributed by atoms with Crippen LogP contribution in [0.1, 0.15) is 26.7 Å². The van der Waals surface area contributed by atoms with E-state index < -0.39 is 0 Å². The molecule has 0 heterocycles. The quantitative estimate of drug-likeness (QED) is 0.355. The number of carbonyl (C=O) groups is 1. The zero-order valence-corrected chi connectivity index (χ0v) is 8.94. The van der Waals surface area contributed by atoms with Gasteiger partial charge in [0.05, 0.1) is 0 Å². The van der Waals surface area contributed by atoms with Gasteiger partial charge in [0.15, 0.2) is 5.78 Å². The Morgan fingerprint density at radius 1 is 1.07 bits per heavy atom. The summed E-state index contributed by atoms with van der Waals surface area (Å²) in [5.41, 5.74) is 0. The minimum Gasteiger partial charge on any atom is -0.295 e. The summed E-state index contributed by atoms with van der Waals surface area (Å²) < 4.78 is 0. The summed E-state index contributed by atoms with van der Waals surface area (Å²) in [6.45, 7) is 3.86. The first-order chi connectivity index (χ1) is 6.81. The molecule has 0 atom stereocenters. The second-order valence-electron chi connectivity index (χ2n) is 2.80. The molecule has 0 aliphatic rings. The zero-order valence-electron chi connectivity index (χ0n) is 8.94. The van der Waals surface area contributed by atoms with Crippen LogP contribution in [0, 0.1) is 0 Å². The highest BCUT2D eigenvalue weighted by Crippen LogP contribution is 1.88. The van der Waals surface area contributed by atoms with Gasteiger partial charge < -0.3 is 0 Å². The van der Waals surface area contributed by atoms with Gasteiger partial charge in [0, 0.05) is 6.42 Å². The van der Waals surface area contributed by atoms with Gasteiger partial charge in [-0.05, 0) is 19.4 Å². The van der Waals surface area contributed by atoms with E-state index in [1.54, 1.807) is 12.2 Å².